The molecule has 90 valence electrons. The van der Waals surface area contributed by atoms with Crippen molar-refractivity contribution >= 4 is 0 Å². The van der Waals surface area contributed by atoms with Crippen LogP contribution in [0.1, 0.15) is 33.6 Å². The molecule has 15 heavy (non-hydrogen) atoms. The highest BCUT2D eigenvalue weighted by Gasteiger charge is 2.26. The second kappa shape index (κ2) is 6.46. The minimum absolute atomic E-state index is 0.380. The van der Waals surface area contributed by atoms with Crippen molar-refractivity contribution in [1.82, 2.24) is 10.2 Å². The van der Waals surface area contributed by atoms with Crippen molar-refractivity contribution in [2.24, 2.45) is 0 Å². The molecule has 0 radical (unpaired) electrons. The van der Waals surface area contributed by atoms with E-state index >= 15 is 0 Å². The van der Waals surface area contributed by atoms with Crippen molar-refractivity contribution in [1.29, 1.82) is 0 Å². The Morgan fingerprint density at radius 1 is 1.33 bits per heavy atom. The third kappa shape index (κ3) is 4.09. The van der Waals surface area contributed by atoms with Crippen molar-refractivity contribution in [2.45, 2.75) is 51.9 Å². The molecule has 1 aliphatic rings. The van der Waals surface area contributed by atoms with E-state index < -0.39 is 0 Å². The van der Waals surface area contributed by atoms with Crippen LogP contribution in [0.3, 0.4) is 0 Å². The van der Waals surface area contributed by atoms with Crippen molar-refractivity contribution in [3.8, 4) is 0 Å². The highest BCUT2D eigenvalue weighted by atomic mass is 16.5. The van der Waals surface area contributed by atoms with Gasteiger partial charge >= 0.3 is 0 Å². The number of likely N-dealkylation sites (N-methyl/N-ethyl adjacent to an activating group) is 1. The van der Waals surface area contributed by atoms with Gasteiger partial charge in [0.1, 0.15) is 0 Å². The Labute approximate surface area is 94.2 Å². The highest BCUT2D eigenvalue weighted by molar-refractivity contribution is 4.80. The Hall–Kier alpha value is -0.120. The Morgan fingerprint density at radius 2 is 1.93 bits per heavy atom. The zero-order chi connectivity index (χ0) is 11.3. The molecule has 1 fully saturated rings. The topological polar surface area (TPSA) is 24.5 Å². The summed E-state index contributed by atoms with van der Waals surface area (Å²) in [5.74, 6) is 0. The van der Waals surface area contributed by atoms with Crippen molar-refractivity contribution in [3.05, 3.63) is 0 Å². The third-order valence-electron chi connectivity index (χ3n) is 3.03. The van der Waals surface area contributed by atoms with Crippen LogP contribution in [0.2, 0.25) is 0 Å². The summed E-state index contributed by atoms with van der Waals surface area (Å²) in [4.78, 5) is 2.58. The lowest BCUT2D eigenvalue weighted by atomic mass is 10.1. The normalized spacial score (nSPS) is 30.4. The van der Waals surface area contributed by atoms with E-state index in [1.165, 1.54) is 12.8 Å². The summed E-state index contributed by atoms with van der Waals surface area (Å²) in [7, 11) is 2.04. The molecule has 1 rings (SSSR count). The minimum atomic E-state index is 0.380. The average Bonchev–Trinajstić information content (AvgIpc) is 2.16. The van der Waals surface area contributed by atoms with Crippen molar-refractivity contribution < 1.29 is 4.74 Å². The second-order valence-electron chi connectivity index (χ2n) is 4.71. The third-order valence-corrected chi connectivity index (χ3v) is 3.03. The SMILES string of the molecule is CCCC(CNC)N1C[C@@H](C)O[C@@H](C)C1. The summed E-state index contributed by atoms with van der Waals surface area (Å²) in [6.45, 7) is 9.85. The van der Waals surface area contributed by atoms with Gasteiger partial charge in [-0.1, -0.05) is 13.3 Å². The molecule has 0 aromatic carbocycles. The average molecular weight is 214 g/mol. The number of rotatable bonds is 5. The van der Waals surface area contributed by atoms with Crippen molar-refractivity contribution in [3.63, 3.8) is 0 Å². The van der Waals surface area contributed by atoms with Gasteiger partial charge in [-0.25, -0.2) is 0 Å². The Morgan fingerprint density at radius 3 is 2.40 bits per heavy atom. The Kier molecular flexibility index (Phi) is 5.58. The first-order chi connectivity index (χ1) is 7.17. The molecule has 1 saturated heterocycles. The van der Waals surface area contributed by atoms with Crippen LogP contribution in [0, 0.1) is 0 Å². The molecule has 0 bridgehead atoms. The maximum Gasteiger partial charge on any atom is 0.0678 e. The highest BCUT2D eigenvalue weighted by Crippen LogP contribution is 2.16. The molecule has 3 atom stereocenters. The van der Waals surface area contributed by atoms with Gasteiger partial charge in [0.2, 0.25) is 0 Å². The molecule has 1 unspecified atom stereocenters. The van der Waals surface area contributed by atoms with Crippen LogP contribution < -0.4 is 5.32 Å². The lowest BCUT2D eigenvalue weighted by Crippen LogP contribution is -2.52. The molecule has 0 saturated carbocycles. The molecule has 0 aromatic heterocycles. The number of hydrogen-bond donors (Lipinski definition) is 1. The molecule has 1 N–H and O–H groups in total. The predicted molar refractivity (Wildman–Crippen MR) is 64.2 cm³/mol. The summed E-state index contributed by atoms with van der Waals surface area (Å²) in [6.07, 6.45) is 3.29. The van der Waals surface area contributed by atoms with Gasteiger partial charge in [0.25, 0.3) is 0 Å². The summed E-state index contributed by atoms with van der Waals surface area (Å²) in [6, 6.07) is 0.675. The first kappa shape index (κ1) is 12.9. The lowest BCUT2D eigenvalue weighted by molar-refractivity contribution is -0.0808. The molecule has 0 amide bonds. The van der Waals surface area contributed by atoms with E-state index in [0.717, 1.165) is 19.6 Å². The standard InChI is InChI=1S/C12H26N2O/c1-5-6-12(7-13-4)14-8-10(2)15-11(3)9-14/h10-13H,5-9H2,1-4H3/t10-,11+,12?. The van der Waals surface area contributed by atoms with Crippen molar-refractivity contribution in [2.75, 3.05) is 26.7 Å². The smallest absolute Gasteiger partial charge is 0.0678 e. The first-order valence-corrected chi connectivity index (χ1v) is 6.21. The molecular formula is C12H26N2O. The fourth-order valence-electron chi connectivity index (χ4n) is 2.50. The predicted octanol–water partition coefficient (Wildman–Crippen LogP) is 1.48. The summed E-state index contributed by atoms with van der Waals surface area (Å²) in [5.41, 5.74) is 0. The Bertz CT molecular complexity index is 159. The van der Waals surface area contributed by atoms with Gasteiger partial charge in [-0.3, -0.25) is 4.90 Å². The molecule has 1 heterocycles. The molecule has 3 heteroatoms. The van der Waals surface area contributed by atoms with E-state index in [2.05, 4.69) is 31.0 Å². The van der Waals surface area contributed by atoms with Crippen LogP contribution in [0.4, 0.5) is 0 Å². The lowest BCUT2D eigenvalue weighted by Gasteiger charge is -2.40. The van der Waals surface area contributed by atoms with E-state index in [4.69, 9.17) is 4.74 Å². The van der Waals surface area contributed by atoms with Gasteiger partial charge < -0.3 is 10.1 Å². The van der Waals surface area contributed by atoms with Gasteiger partial charge in [0, 0.05) is 25.7 Å². The monoisotopic (exact) mass is 214 g/mol. The van der Waals surface area contributed by atoms with E-state index in [0.29, 0.717) is 18.2 Å². The van der Waals surface area contributed by atoms with E-state index in [1.807, 2.05) is 7.05 Å². The molecular weight excluding hydrogens is 188 g/mol. The van der Waals surface area contributed by atoms with Crippen LogP contribution in [0.25, 0.3) is 0 Å². The molecule has 0 spiro atoms. The van der Waals surface area contributed by atoms with Gasteiger partial charge in [-0.15, -0.1) is 0 Å². The number of hydrogen-bond acceptors (Lipinski definition) is 3. The van der Waals surface area contributed by atoms with E-state index in [-0.39, 0.29) is 0 Å². The van der Waals surface area contributed by atoms with Crippen LogP contribution in [0.5, 0.6) is 0 Å². The first-order valence-electron chi connectivity index (χ1n) is 6.21. The maximum absolute atomic E-state index is 5.76. The summed E-state index contributed by atoms with van der Waals surface area (Å²) >= 11 is 0. The van der Waals surface area contributed by atoms with E-state index in [1.54, 1.807) is 0 Å². The van der Waals surface area contributed by atoms with E-state index in [9.17, 15) is 0 Å². The number of nitrogens with zero attached hydrogens (tertiary/aromatic N) is 1. The van der Waals surface area contributed by atoms with Gasteiger partial charge in [0.15, 0.2) is 0 Å². The van der Waals surface area contributed by atoms with Crippen LogP contribution in [-0.2, 0) is 4.74 Å². The van der Waals surface area contributed by atoms with Crippen LogP contribution >= 0.6 is 0 Å². The number of nitrogens with one attached hydrogen (secondary N) is 1. The van der Waals surface area contributed by atoms with Gasteiger partial charge in [-0.05, 0) is 27.3 Å². The molecule has 3 nitrogen and oxygen atoms in total. The molecule has 1 aliphatic heterocycles. The largest absolute Gasteiger partial charge is 0.373 e. The quantitative estimate of drug-likeness (QED) is 0.750. The Balaban J connectivity index is 2.49. The molecule has 0 aliphatic carbocycles. The zero-order valence-electron chi connectivity index (χ0n) is 10.6. The zero-order valence-corrected chi connectivity index (χ0v) is 10.6. The summed E-state index contributed by atoms with van der Waals surface area (Å²) in [5, 5.41) is 3.30. The van der Waals surface area contributed by atoms with Gasteiger partial charge in [0.05, 0.1) is 12.2 Å². The number of morpholine rings is 1. The maximum atomic E-state index is 5.76. The molecule has 0 aromatic rings. The van der Waals surface area contributed by atoms with Crippen LogP contribution in [-0.4, -0.2) is 49.8 Å². The van der Waals surface area contributed by atoms with Crippen LogP contribution in [0.15, 0.2) is 0 Å². The summed E-state index contributed by atoms with van der Waals surface area (Å²) < 4.78 is 5.76. The minimum Gasteiger partial charge on any atom is -0.373 e. The fourth-order valence-corrected chi connectivity index (χ4v) is 2.50. The number of ether oxygens (including phenoxy) is 1. The fraction of sp³-hybridized carbons (Fsp3) is 1.00. The second-order valence-corrected chi connectivity index (χ2v) is 4.71. The van der Waals surface area contributed by atoms with Gasteiger partial charge in [-0.2, -0.15) is 0 Å².